The molecule has 14 heavy (non-hydrogen) atoms. The van der Waals surface area contributed by atoms with Crippen LogP contribution in [0.1, 0.15) is 40.5 Å². The topological polar surface area (TPSA) is 6.48 Å². The molecule has 1 saturated heterocycles. The van der Waals surface area contributed by atoms with Crippen molar-refractivity contribution in [3.8, 4) is 0 Å². The summed E-state index contributed by atoms with van der Waals surface area (Å²) in [4.78, 5) is 5.13. The second-order valence-corrected chi connectivity index (χ2v) is 5.14. The third-order valence-corrected chi connectivity index (χ3v) is 3.55. The van der Waals surface area contributed by atoms with E-state index in [0.717, 1.165) is 6.04 Å². The lowest BCUT2D eigenvalue weighted by Crippen LogP contribution is -2.50. The highest BCUT2D eigenvalue weighted by atomic mass is 15.2. The molecule has 84 valence electrons. The Morgan fingerprint density at radius 2 is 1.86 bits per heavy atom. The van der Waals surface area contributed by atoms with Gasteiger partial charge in [-0.1, -0.05) is 0 Å². The molecule has 1 fully saturated rings. The fourth-order valence-corrected chi connectivity index (χ4v) is 2.21. The van der Waals surface area contributed by atoms with Crippen LogP contribution in [0.25, 0.3) is 0 Å². The molecular formula is C12H26N2. The first-order chi connectivity index (χ1) is 6.52. The van der Waals surface area contributed by atoms with Crippen LogP contribution in [0, 0.1) is 0 Å². The summed E-state index contributed by atoms with van der Waals surface area (Å²) in [7, 11) is 2.26. The smallest absolute Gasteiger partial charge is 0.0223 e. The maximum atomic E-state index is 2.60. The van der Waals surface area contributed by atoms with Crippen LogP contribution in [0.3, 0.4) is 0 Å². The van der Waals surface area contributed by atoms with Crippen molar-refractivity contribution in [3.63, 3.8) is 0 Å². The van der Waals surface area contributed by atoms with Crippen molar-refractivity contribution in [2.24, 2.45) is 0 Å². The second-order valence-electron chi connectivity index (χ2n) is 5.14. The number of nitrogens with zero attached hydrogens (tertiary/aromatic N) is 2. The van der Waals surface area contributed by atoms with Gasteiger partial charge in [-0.15, -0.1) is 0 Å². The number of piperidine rings is 1. The molecule has 1 rings (SSSR count). The molecule has 1 aliphatic rings. The standard InChI is InChI=1S/C12H26N2/c1-10(2)13(5)12-7-6-8-14(9-12)11(3)4/h10-12H,6-9H2,1-5H3/t12-/m0/s1. The highest BCUT2D eigenvalue weighted by Gasteiger charge is 2.25. The van der Waals surface area contributed by atoms with Crippen molar-refractivity contribution in [2.75, 3.05) is 20.1 Å². The minimum absolute atomic E-state index is 0.673. The SMILES string of the molecule is CC(C)N1CCC[C@H](N(C)C(C)C)C1. The van der Waals surface area contributed by atoms with Crippen LogP contribution in [0.15, 0.2) is 0 Å². The van der Waals surface area contributed by atoms with Gasteiger partial charge in [0.2, 0.25) is 0 Å². The predicted octanol–water partition coefficient (Wildman–Crippen LogP) is 2.20. The van der Waals surface area contributed by atoms with Gasteiger partial charge in [0.25, 0.3) is 0 Å². The van der Waals surface area contributed by atoms with Crippen molar-refractivity contribution in [3.05, 3.63) is 0 Å². The minimum Gasteiger partial charge on any atom is -0.300 e. The monoisotopic (exact) mass is 198 g/mol. The Labute approximate surface area is 89.3 Å². The van der Waals surface area contributed by atoms with Gasteiger partial charge in [-0.05, 0) is 54.1 Å². The second kappa shape index (κ2) is 5.13. The Hall–Kier alpha value is -0.0800. The summed E-state index contributed by atoms with van der Waals surface area (Å²) in [6, 6.07) is 2.15. The van der Waals surface area contributed by atoms with Crippen LogP contribution in [-0.4, -0.2) is 48.1 Å². The van der Waals surface area contributed by atoms with E-state index >= 15 is 0 Å². The fourth-order valence-electron chi connectivity index (χ4n) is 2.21. The fraction of sp³-hybridized carbons (Fsp3) is 1.00. The zero-order valence-electron chi connectivity index (χ0n) is 10.5. The van der Waals surface area contributed by atoms with Crippen LogP contribution in [0.4, 0.5) is 0 Å². The third-order valence-electron chi connectivity index (χ3n) is 3.55. The molecule has 0 bridgehead atoms. The quantitative estimate of drug-likeness (QED) is 0.686. The van der Waals surface area contributed by atoms with Crippen LogP contribution in [-0.2, 0) is 0 Å². The Morgan fingerprint density at radius 3 is 2.36 bits per heavy atom. The summed E-state index contributed by atoms with van der Waals surface area (Å²) in [6.07, 6.45) is 2.73. The Balaban J connectivity index is 2.47. The predicted molar refractivity (Wildman–Crippen MR) is 62.6 cm³/mol. The lowest BCUT2D eigenvalue weighted by Gasteiger charge is -2.41. The summed E-state index contributed by atoms with van der Waals surface area (Å²) in [5.41, 5.74) is 0. The average molecular weight is 198 g/mol. The molecule has 1 atom stereocenters. The van der Waals surface area contributed by atoms with Crippen molar-refractivity contribution in [2.45, 2.75) is 58.7 Å². The van der Waals surface area contributed by atoms with Crippen molar-refractivity contribution >= 4 is 0 Å². The first-order valence-corrected chi connectivity index (χ1v) is 5.98. The third kappa shape index (κ3) is 2.96. The molecule has 1 aliphatic heterocycles. The maximum Gasteiger partial charge on any atom is 0.0223 e. The number of hydrogen-bond acceptors (Lipinski definition) is 2. The first-order valence-electron chi connectivity index (χ1n) is 5.98. The maximum absolute atomic E-state index is 2.60. The van der Waals surface area contributed by atoms with Gasteiger partial charge in [-0.3, -0.25) is 9.80 Å². The molecule has 1 heterocycles. The molecule has 0 aromatic carbocycles. The molecule has 0 amide bonds. The van der Waals surface area contributed by atoms with Gasteiger partial charge in [0.05, 0.1) is 0 Å². The van der Waals surface area contributed by atoms with Gasteiger partial charge in [-0.25, -0.2) is 0 Å². The van der Waals surface area contributed by atoms with Crippen molar-refractivity contribution < 1.29 is 0 Å². The van der Waals surface area contributed by atoms with Gasteiger partial charge >= 0.3 is 0 Å². The van der Waals surface area contributed by atoms with E-state index in [2.05, 4.69) is 44.5 Å². The molecule has 0 spiro atoms. The van der Waals surface area contributed by atoms with E-state index in [1.165, 1.54) is 25.9 Å². The normalized spacial score (nSPS) is 25.3. The minimum atomic E-state index is 0.673. The number of likely N-dealkylation sites (N-methyl/N-ethyl adjacent to an activating group) is 1. The summed E-state index contributed by atoms with van der Waals surface area (Å²) in [6.45, 7) is 11.7. The highest BCUT2D eigenvalue weighted by molar-refractivity contribution is 4.81. The molecule has 0 radical (unpaired) electrons. The summed E-state index contributed by atoms with van der Waals surface area (Å²) < 4.78 is 0. The van der Waals surface area contributed by atoms with Gasteiger partial charge in [0.1, 0.15) is 0 Å². The van der Waals surface area contributed by atoms with Crippen molar-refractivity contribution in [1.29, 1.82) is 0 Å². The van der Waals surface area contributed by atoms with E-state index < -0.39 is 0 Å². The van der Waals surface area contributed by atoms with Crippen LogP contribution >= 0.6 is 0 Å². The molecule has 0 saturated carbocycles. The molecule has 0 aromatic heterocycles. The number of rotatable bonds is 3. The van der Waals surface area contributed by atoms with Gasteiger partial charge in [-0.2, -0.15) is 0 Å². The van der Waals surface area contributed by atoms with Gasteiger partial charge in [0, 0.05) is 24.7 Å². The van der Waals surface area contributed by atoms with Gasteiger partial charge < -0.3 is 0 Å². The van der Waals surface area contributed by atoms with E-state index in [1.54, 1.807) is 0 Å². The van der Waals surface area contributed by atoms with E-state index in [-0.39, 0.29) is 0 Å². The Kier molecular flexibility index (Phi) is 4.39. The molecule has 0 unspecified atom stereocenters. The molecule has 2 nitrogen and oxygen atoms in total. The summed E-state index contributed by atoms with van der Waals surface area (Å²) in [5.74, 6) is 0. The molecule has 2 heteroatoms. The Morgan fingerprint density at radius 1 is 1.21 bits per heavy atom. The van der Waals surface area contributed by atoms with E-state index in [9.17, 15) is 0 Å². The average Bonchev–Trinajstić information content (AvgIpc) is 2.16. The van der Waals surface area contributed by atoms with Crippen LogP contribution in [0.5, 0.6) is 0 Å². The molecular weight excluding hydrogens is 172 g/mol. The number of likely N-dealkylation sites (tertiary alicyclic amines) is 1. The Bertz CT molecular complexity index is 160. The zero-order chi connectivity index (χ0) is 10.7. The summed E-state index contributed by atoms with van der Waals surface area (Å²) in [5, 5.41) is 0. The van der Waals surface area contributed by atoms with Crippen LogP contribution < -0.4 is 0 Å². The molecule has 0 aliphatic carbocycles. The van der Waals surface area contributed by atoms with E-state index in [4.69, 9.17) is 0 Å². The van der Waals surface area contributed by atoms with E-state index in [1.807, 2.05) is 0 Å². The zero-order valence-corrected chi connectivity index (χ0v) is 10.5. The highest BCUT2D eigenvalue weighted by Crippen LogP contribution is 2.18. The number of hydrogen-bond donors (Lipinski definition) is 0. The van der Waals surface area contributed by atoms with E-state index in [0.29, 0.717) is 12.1 Å². The van der Waals surface area contributed by atoms with Crippen molar-refractivity contribution in [1.82, 2.24) is 9.80 Å². The lowest BCUT2D eigenvalue weighted by atomic mass is 10.0. The van der Waals surface area contributed by atoms with Crippen LogP contribution in [0.2, 0.25) is 0 Å². The first kappa shape index (κ1) is 12.0. The molecule has 0 N–H and O–H groups in total. The molecule has 0 aromatic rings. The largest absolute Gasteiger partial charge is 0.300 e. The van der Waals surface area contributed by atoms with Gasteiger partial charge in [0.15, 0.2) is 0 Å². The summed E-state index contributed by atoms with van der Waals surface area (Å²) >= 11 is 0. The lowest BCUT2D eigenvalue weighted by molar-refractivity contribution is 0.0790.